The van der Waals surface area contributed by atoms with E-state index in [1.165, 1.54) is 11.3 Å². The van der Waals surface area contributed by atoms with E-state index in [1.54, 1.807) is 0 Å². The fourth-order valence-corrected chi connectivity index (χ4v) is 3.13. The van der Waals surface area contributed by atoms with Gasteiger partial charge in [-0.1, -0.05) is 12.5 Å². The van der Waals surface area contributed by atoms with Gasteiger partial charge in [0.25, 0.3) is 0 Å². The number of thiophene rings is 1. The second kappa shape index (κ2) is 6.90. The molecule has 1 amide bonds. The number of nitrogens with two attached hydrogens (primary N) is 1. The predicted octanol–water partition coefficient (Wildman–Crippen LogP) is 2.41. The van der Waals surface area contributed by atoms with Crippen molar-refractivity contribution < 1.29 is 4.79 Å². The Balaban J connectivity index is 1.54. The monoisotopic (exact) mass is 266 g/mol. The van der Waals surface area contributed by atoms with Gasteiger partial charge in [-0.25, -0.2) is 0 Å². The molecule has 18 heavy (non-hydrogen) atoms. The Labute approximate surface area is 113 Å². The lowest BCUT2D eigenvalue weighted by molar-refractivity contribution is -0.130. The number of amides is 1. The van der Waals surface area contributed by atoms with E-state index in [1.807, 2.05) is 16.2 Å². The highest BCUT2D eigenvalue weighted by Crippen LogP contribution is 2.14. The Kier molecular flexibility index (Phi) is 5.20. The van der Waals surface area contributed by atoms with E-state index in [0.717, 1.165) is 38.8 Å². The van der Waals surface area contributed by atoms with Crippen LogP contribution in [0.4, 0.5) is 0 Å². The molecule has 2 N–H and O–H groups in total. The summed E-state index contributed by atoms with van der Waals surface area (Å²) in [5, 5.41) is 2.12. The third kappa shape index (κ3) is 4.10. The lowest BCUT2D eigenvalue weighted by Gasteiger charge is -2.15. The minimum atomic E-state index is 0.202. The van der Waals surface area contributed by atoms with Gasteiger partial charge in [0.2, 0.25) is 5.91 Å². The Morgan fingerprint density at radius 3 is 3.00 bits per heavy atom. The van der Waals surface area contributed by atoms with Crippen LogP contribution in [-0.2, 0) is 11.2 Å². The van der Waals surface area contributed by atoms with Crippen LogP contribution < -0.4 is 5.73 Å². The zero-order valence-corrected chi connectivity index (χ0v) is 11.6. The molecule has 4 heteroatoms. The first kappa shape index (κ1) is 13.6. The van der Waals surface area contributed by atoms with E-state index in [-0.39, 0.29) is 6.04 Å². The molecule has 1 atom stereocenters. The number of unbranched alkanes of at least 4 members (excludes halogenated alkanes) is 2. The van der Waals surface area contributed by atoms with Crippen LogP contribution in [0.25, 0.3) is 0 Å². The van der Waals surface area contributed by atoms with Gasteiger partial charge in [-0.3, -0.25) is 4.79 Å². The molecule has 0 spiro atoms. The molecule has 1 aliphatic rings. The van der Waals surface area contributed by atoms with Crippen molar-refractivity contribution in [1.82, 2.24) is 4.90 Å². The van der Waals surface area contributed by atoms with E-state index in [0.29, 0.717) is 12.3 Å². The number of nitrogens with zero attached hydrogens (tertiary/aromatic N) is 1. The van der Waals surface area contributed by atoms with Crippen molar-refractivity contribution in [3.63, 3.8) is 0 Å². The van der Waals surface area contributed by atoms with Crippen LogP contribution >= 0.6 is 11.3 Å². The van der Waals surface area contributed by atoms with Crippen molar-refractivity contribution >= 4 is 17.2 Å². The van der Waals surface area contributed by atoms with Crippen molar-refractivity contribution in [2.75, 3.05) is 13.1 Å². The summed E-state index contributed by atoms with van der Waals surface area (Å²) < 4.78 is 0. The number of hydrogen-bond acceptors (Lipinski definition) is 3. The summed E-state index contributed by atoms with van der Waals surface area (Å²) in [6.45, 7) is 1.61. The topological polar surface area (TPSA) is 46.3 Å². The highest BCUT2D eigenvalue weighted by Gasteiger charge is 2.22. The maximum absolute atomic E-state index is 11.9. The highest BCUT2D eigenvalue weighted by atomic mass is 32.1. The van der Waals surface area contributed by atoms with Gasteiger partial charge in [-0.05, 0) is 37.1 Å². The van der Waals surface area contributed by atoms with Gasteiger partial charge in [0, 0.05) is 30.4 Å². The molecule has 1 aliphatic heterocycles. The van der Waals surface area contributed by atoms with Gasteiger partial charge in [0.1, 0.15) is 0 Å². The van der Waals surface area contributed by atoms with Crippen LogP contribution in [0.1, 0.15) is 37.0 Å². The minimum absolute atomic E-state index is 0.202. The van der Waals surface area contributed by atoms with Crippen LogP contribution in [0, 0.1) is 0 Å². The summed E-state index contributed by atoms with van der Waals surface area (Å²) in [4.78, 5) is 15.2. The van der Waals surface area contributed by atoms with Crippen molar-refractivity contribution in [1.29, 1.82) is 0 Å². The Bertz CT molecular complexity index is 364. The second-order valence-electron chi connectivity index (χ2n) is 5.03. The van der Waals surface area contributed by atoms with E-state index < -0.39 is 0 Å². The molecule has 1 saturated heterocycles. The maximum Gasteiger partial charge on any atom is 0.222 e. The average molecular weight is 266 g/mol. The minimum Gasteiger partial charge on any atom is -0.341 e. The van der Waals surface area contributed by atoms with Crippen molar-refractivity contribution in [2.24, 2.45) is 5.73 Å². The standard InChI is InChI=1S/C14H22N2OS/c15-12-8-9-16(11-12)14(17)7-3-1-2-5-13-6-4-10-18-13/h4,6,10,12H,1-3,5,7-9,11,15H2/t12-/m1/s1. The SMILES string of the molecule is N[C@@H]1CCN(C(=O)CCCCCc2cccs2)C1. The number of carbonyl (C=O) groups is 1. The van der Waals surface area contributed by atoms with Gasteiger partial charge < -0.3 is 10.6 Å². The highest BCUT2D eigenvalue weighted by molar-refractivity contribution is 7.09. The summed E-state index contributed by atoms with van der Waals surface area (Å²) in [5.41, 5.74) is 5.80. The van der Waals surface area contributed by atoms with Crippen LogP contribution in [0.3, 0.4) is 0 Å². The van der Waals surface area contributed by atoms with Gasteiger partial charge in [-0.15, -0.1) is 11.3 Å². The third-order valence-corrected chi connectivity index (χ3v) is 4.41. The second-order valence-corrected chi connectivity index (χ2v) is 6.06. The quantitative estimate of drug-likeness (QED) is 0.804. The largest absolute Gasteiger partial charge is 0.341 e. The fraction of sp³-hybridized carbons (Fsp3) is 0.643. The van der Waals surface area contributed by atoms with E-state index in [4.69, 9.17) is 5.73 Å². The third-order valence-electron chi connectivity index (χ3n) is 3.47. The molecular formula is C14H22N2OS. The molecule has 2 rings (SSSR count). The number of rotatable bonds is 6. The lowest BCUT2D eigenvalue weighted by atomic mass is 10.1. The Morgan fingerprint density at radius 1 is 1.44 bits per heavy atom. The summed E-state index contributed by atoms with van der Waals surface area (Å²) in [6, 6.07) is 4.48. The lowest BCUT2D eigenvalue weighted by Crippen LogP contribution is -2.31. The van der Waals surface area contributed by atoms with Gasteiger partial charge in [0.15, 0.2) is 0 Å². The van der Waals surface area contributed by atoms with Crippen molar-refractivity contribution in [2.45, 2.75) is 44.6 Å². The first-order valence-corrected chi connectivity index (χ1v) is 7.69. The van der Waals surface area contributed by atoms with Gasteiger partial charge in [0.05, 0.1) is 0 Å². The van der Waals surface area contributed by atoms with E-state index in [9.17, 15) is 4.79 Å². The molecule has 1 fully saturated rings. The molecule has 1 aromatic rings. The van der Waals surface area contributed by atoms with Gasteiger partial charge >= 0.3 is 0 Å². The number of hydrogen-bond donors (Lipinski definition) is 1. The van der Waals surface area contributed by atoms with Crippen molar-refractivity contribution in [3.05, 3.63) is 22.4 Å². The molecule has 0 radical (unpaired) electrons. The zero-order valence-electron chi connectivity index (χ0n) is 10.8. The van der Waals surface area contributed by atoms with Crippen LogP contribution in [0.5, 0.6) is 0 Å². The van der Waals surface area contributed by atoms with Crippen LogP contribution in [-0.4, -0.2) is 29.9 Å². The molecule has 0 aromatic carbocycles. The predicted molar refractivity (Wildman–Crippen MR) is 75.7 cm³/mol. The summed E-state index contributed by atoms with van der Waals surface area (Å²) in [6.07, 6.45) is 6.15. The Hall–Kier alpha value is -0.870. The number of aryl methyl sites for hydroxylation is 1. The molecule has 100 valence electrons. The number of likely N-dealkylation sites (tertiary alicyclic amines) is 1. The molecule has 2 heterocycles. The first-order chi connectivity index (χ1) is 8.75. The molecular weight excluding hydrogens is 244 g/mol. The molecule has 3 nitrogen and oxygen atoms in total. The molecule has 0 unspecified atom stereocenters. The molecule has 0 saturated carbocycles. The normalized spacial score (nSPS) is 19.4. The first-order valence-electron chi connectivity index (χ1n) is 6.81. The summed E-state index contributed by atoms with van der Waals surface area (Å²) >= 11 is 1.82. The van der Waals surface area contributed by atoms with Gasteiger partial charge in [-0.2, -0.15) is 0 Å². The van der Waals surface area contributed by atoms with E-state index in [2.05, 4.69) is 17.5 Å². The van der Waals surface area contributed by atoms with E-state index >= 15 is 0 Å². The Morgan fingerprint density at radius 2 is 2.33 bits per heavy atom. The summed E-state index contributed by atoms with van der Waals surface area (Å²) in [7, 11) is 0. The van der Waals surface area contributed by atoms with Crippen LogP contribution in [0.15, 0.2) is 17.5 Å². The molecule has 0 aliphatic carbocycles. The number of carbonyl (C=O) groups excluding carboxylic acids is 1. The zero-order chi connectivity index (χ0) is 12.8. The summed E-state index contributed by atoms with van der Waals surface area (Å²) in [5.74, 6) is 0.291. The van der Waals surface area contributed by atoms with Crippen LogP contribution in [0.2, 0.25) is 0 Å². The molecule has 1 aromatic heterocycles. The van der Waals surface area contributed by atoms with Crippen molar-refractivity contribution in [3.8, 4) is 0 Å². The smallest absolute Gasteiger partial charge is 0.222 e. The fourth-order valence-electron chi connectivity index (χ4n) is 2.38. The maximum atomic E-state index is 11.9. The average Bonchev–Trinajstić information content (AvgIpc) is 2.99. The molecule has 0 bridgehead atoms.